The summed E-state index contributed by atoms with van der Waals surface area (Å²) in [5.74, 6) is 0.804. The summed E-state index contributed by atoms with van der Waals surface area (Å²) in [4.78, 5) is 22.1. The minimum Gasteiger partial charge on any atom is -0.496 e. The van der Waals surface area contributed by atoms with Crippen LogP contribution in [0.2, 0.25) is 0 Å². The van der Waals surface area contributed by atoms with Crippen molar-refractivity contribution in [3.05, 3.63) is 81.5 Å². The number of aromatic nitrogens is 2. The first-order valence-corrected chi connectivity index (χ1v) is 8.87. The van der Waals surface area contributed by atoms with Crippen LogP contribution in [0.3, 0.4) is 0 Å². The second-order valence-electron chi connectivity index (χ2n) is 6.59. The number of H-pyrrole nitrogens is 1. The van der Waals surface area contributed by atoms with Crippen LogP contribution < -0.4 is 10.3 Å². The lowest BCUT2D eigenvalue weighted by molar-refractivity contribution is 0.233. The van der Waals surface area contributed by atoms with Crippen molar-refractivity contribution in [2.45, 2.75) is 19.5 Å². The van der Waals surface area contributed by atoms with Gasteiger partial charge in [0.1, 0.15) is 17.4 Å². The molecule has 1 aromatic heterocycles. The van der Waals surface area contributed by atoms with Crippen LogP contribution in [0, 0.1) is 5.82 Å². The number of fused-ring (bicyclic) bond motifs is 1. The lowest BCUT2D eigenvalue weighted by Gasteiger charge is -2.28. The minimum absolute atomic E-state index is 0.0954. The zero-order valence-corrected chi connectivity index (χ0v) is 15.0. The molecule has 2 aromatic carbocycles. The third-order valence-corrected chi connectivity index (χ3v) is 4.88. The lowest BCUT2D eigenvalue weighted by Crippen LogP contribution is -2.35. The largest absolute Gasteiger partial charge is 0.496 e. The smallest absolute Gasteiger partial charge is 0.254 e. The number of methoxy groups -OCH3 is 1. The number of ether oxygens (including phenoxy) is 1. The standard InChI is InChI=1S/C21H20FN3O2/c1-27-19-9-5-8-17(22)16(19)12-25-11-10-15-18(13-25)23-20(24-21(15)26)14-6-3-2-4-7-14/h2-9H,10-13H2,1H3,(H,23,24,26). The molecule has 27 heavy (non-hydrogen) atoms. The van der Waals surface area contributed by atoms with Crippen molar-refractivity contribution < 1.29 is 9.13 Å². The number of halogens is 1. The Morgan fingerprint density at radius 1 is 1.19 bits per heavy atom. The van der Waals surface area contributed by atoms with Crippen molar-refractivity contribution in [2.24, 2.45) is 0 Å². The van der Waals surface area contributed by atoms with Gasteiger partial charge in [-0.2, -0.15) is 0 Å². The van der Waals surface area contributed by atoms with Crippen LogP contribution in [0.15, 0.2) is 53.3 Å². The van der Waals surface area contributed by atoms with Crippen molar-refractivity contribution in [1.29, 1.82) is 0 Å². The Kier molecular flexibility index (Phi) is 4.73. The molecule has 3 aromatic rings. The highest BCUT2D eigenvalue weighted by Gasteiger charge is 2.23. The summed E-state index contributed by atoms with van der Waals surface area (Å²) in [6.07, 6.45) is 0.587. The predicted molar refractivity (Wildman–Crippen MR) is 101 cm³/mol. The highest BCUT2D eigenvalue weighted by Crippen LogP contribution is 2.25. The third kappa shape index (κ3) is 3.48. The van der Waals surface area contributed by atoms with Crippen molar-refractivity contribution in [3.63, 3.8) is 0 Å². The number of nitrogens with zero attached hydrogens (tertiary/aromatic N) is 2. The van der Waals surface area contributed by atoms with Gasteiger partial charge in [-0.3, -0.25) is 9.69 Å². The number of hydrogen-bond acceptors (Lipinski definition) is 4. The number of hydrogen-bond donors (Lipinski definition) is 1. The molecule has 0 atom stereocenters. The molecule has 4 rings (SSSR count). The Morgan fingerprint density at radius 2 is 2.00 bits per heavy atom. The summed E-state index contributed by atoms with van der Waals surface area (Å²) in [6, 6.07) is 14.4. The summed E-state index contributed by atoms with van der Waals surface area (Å²) in [5.41, 5.74) is 2.76. The molecule has 0 unspecified atom stereocenters. The predicted octanol–water partition coefficient (Wildman–Crippen LogP) is 3.14. The van der Waals surface area contributed by atoms with E-state index in [9.17, 15) is 9.18 Å². The summed E-state index contributed by atoms with van der Waals surface area (Å²) in [5, 5.41) is 0. The maximum absolute atomic E-state index is 14.3. The van der Waals surface area contributed by atoms with Gasteiger partial charge in [-0.25, -0.2) is 9.37 Å². The molecule has 138 valence electrons. The second-order valence-corrected chi connectivity index (χ2v) is 6.59. The molecular weight excluding hydrogens is 345 g/mol. The summed E-state index contributed by atoms with van der Waals surface area (Å²) >= 11 is 0. The normalized spacial score (nSPS) is 14.0. The molecule has 0 amide bonds. The zero-order chi connectivity index (χ0) is 18.8. The molecule has 0 aliphatic carbocycles. The summed E-state index contributed by atoms with van der Waals surface area (Å²) < 4.78 is 19.6. The maximum Gasteiger partial charge on any atom is 0.254 e. The zero-order valence-electron chi connectivity index (χ0n) is 15.0. The quantitative estimate of drug-likeness (QED) is 0.772. The molecule has 1 aliphatic heterocycles. The molecule has 0 fully saturated rings. The van der Waals surface area contributed by atoms with E-state index in [1.165, 1.54) is 13.2 Å². The van der Waals surface area contributed by atoms with Crippen molar-refractivity contribution >= 4 is 0 Å². The molecule has 0 saturated carbocycles. The van der Waals surface area contributed by atoms with Crippen LogP contribution in [0.1, 0.15) is 16.8 Å². The molecule has 5 nitrogen and oxygen atoms in total. The number of rotatable bonds is 4. The van der Waals surface area contributed by atoms with Crippen LogP contribution >= 0.6 is 0 Å². The number of aromatic amines is 1. The van der Waals surface area contributed by atoms with Gasteiger partial charge in [-0.05, 0) is 18.6 Å². The van der Waals surface area contributed by atoms with E-state index in [1.807, 2.05) is 30.3 Å². The van der Waals surface area contributed by atoms with Crippen molar-refractivity contribution in [2.75, 3.05) is 13.7 Å². The Bertz CT molecular complexity index is 1020. The lowest BCUT2D eigenvalue weighted by atomic mass is 10.0. The molecule has 1 N–H and O–H groups in total. The van der Waals surface area contributed by atoms with Crippen LogP contribution in [0.5, 0.6) is 5.75 Å². The monoisotopic (exact) mass is 365 g/mol. The molecule has 0 saturated heterocycles. The van der Waals surface area contributed by atoms with E-state index in [2.05, 4.69) is 14.9 Å². The van der Waals surface area contributed by atoms with Crippen molar-refractivity contribution in [1.82, 2.24) is 14.9 Å². The van der Waals surface area contributed by atoms with E-state index in [-0.39, 0.29) is 11.4 Å². The van der Waals surface area contributed by atoms with Gasteiger partial charge < -0.3 is 9.72 Å². The summed E-state index contributed by atoms with van der Waals surface area (Å²) in [7, 11) is 1.54. The number of benzene rings is 2. The molecular formula is C21H20FN3O2. The van der Waals surface area contributed by atoms with Gasteiger partial charge in [0.05, 0.1) is 12.8 Å². The van der Waals surface area contributed by atoms with E-state index in [0.717, 1.165) is 11.3 Å². The van der Waals surface area contributed by atoms with E-state index in [4.69, 9.17) is 4.74 Å². The van der Waals surface area contributed by atoms with Gasteiger partial charge in [0, 0.05) is 36.3 Å². The van der Waals surface area contributed by atoms with E-state index < -0.39 is 0 Å². The third-order valence-electron chi connectivity index (χ3n) is 4.88. The average Bonchev–Trinajstić information content (AvgIpc) is 2.70. The van der Waals surface area contributed by atoms with Gasteiger partial charge in [-0.1, -0.05) is 36.4 Å². The van der Waals surface area contributed by atoms with Gasteiger partial charge >= 0.3 is 0 Å². The Labute approximate surface area is 156 Å². The fourth-order valence-electron chi connectivity index (χ4n) is 3.47. The Balaban J connectivity index is 1.63. The fraction of sp³-hybridized carbons (Fsp3) is 0.238. The Morgan fingerprint density at radius 3 is 2.78 bits per heavy atom. The van der Waals surface area contributed by atoms with Gasteiger partial charge in [0.2, 0.25) is 0 Å². The maximum atomic E-state index is 14.3. The first-order valence-electron chi connectivity index (χ1n) is 8.87. The van der Waals surface area contributed by atoms with E-state index in [0.29, 0.717) is 48.8 Å². The first-order chi connectivity index (χ1) is 13.2. The van der Waals surface area contributed by atoms with E-state index >= 15 is 0 Å². The second kappa shape index (κ2) is 7.32. The summed E-state index contributed by atoms with van der Waals surface area (Å²) in [6.45, 7) is 1.57. The molecule has 6 heteroatoms. The van der Waals surface area contributed by atoms with Gasteiger partial charge in [0.15, 0.2) is 0 Å². The highest BCUT2D eigenvalue weighted by molar-refractivity contribution is 5.54. The SMILES string of the molecule is COc1cccc(F)c1CN1CCc2c(nc(-c3ccccc3)[nH]c2=O)C1. The van der Waals surface area contributed by atoms with Crippen LogP contribution in [-0.4, -0.2) is 28.5 Å². The van der Waals surface area contributed by atoms with Crippen LogP contribution in [0.4, 0.5) is 4.39 Å². The van der Waals surface area contributed by atoms with Crippen LogP contribution in [-0.2, 0) is 19.5 Å². The first kappa shape index (κ1) is 17.4. The molecule has 2 heterocycles. The fourth-order valence-corrected chi connectivity index (χ4v) is 3.47. The average molecular weight is 365 g/mol. The molecule has 0 spiro atoms. The molecule has 0 bridgehead atoms. The van der Waals surface area contributed by atoms with E-state index in [1.54, 1.807) is 12.1 Å². The van der Waals surface area contributed by atoms with Crippen molar-refractivity contribution in [3.8, 4) is 17.1 Å². The molecule has 1 aliphatic rings. The van der Waals surface area contributed by atoms with Crippen LogP contribution in [0.25, 0.3) is 11.4 Å². The topological polar surface area (TPSA) is 58.2 Å². The molecule has 0 radical (unpaired) electrons. The van der Waals surface area contributed by atoms with Gasteiger partial charge in [-0.15, -0.1) is 0 Å². The van der Waals surface area contributed by atoms with Gasteiger partial charge in [0.25, 0.3) is 5.56 Å². The highest BCUT2D eigenvalue weighted by atomic mass is 19.1. The Hall–Kier alpha value is -2.99. The number of nitrogens with one attached hydrogen (secondary N) is 1. The minimum atomic E-state index is -0.288.